The first-order chi connectivity index (χ1) is 7.74. The molecule has 0 aromatic carbocycles. The molecule has 0 bridgehead atoms. The minimum Gasteiger partial charge on any atom is -0.367 e. The molecule has 0 saturated carbocycles. The van der Waals surface area contributed by atoms with Crippen molar-refractivity contribution in [2.75, 3.05) is 5.32 Å². The van der Waals surface area contributed by atoms with Crippen molar-refractivity contribution in [1.82, 2.24) is 9.97 Å². The molecule has 16 heavy (non-hydrogen) atoms. The van der Waals surface area contributed by atoms with Gasteiger partial charge in [0, 0.05) is 6.04 Å². The maximum Gasteiger partial charge on any atom is 0.225 e. The average molecular weight is 256 g/mol. The lowest BCUT2D eigenvalue weighted by Crippen LogP contribution is -2.18. The van der Waals surface area contributed by atoms with Gasteiger partial charge in [-0.15, -0.1) is 11.3 Å². The van der Waals surface area contributed by atoms with Crippen LogP contribution < -0.4 is 5.32 Å². The Kier molecular flexibility index (Phi) is 3.61. The molecule has 86 valence electrons. The molecule has 2 aromatic rings. The normalized spacial score (nSPS) is 11.2. The van der Waals surface area contributed by atoms with Crippen LogP contribution in [-0.4, -0.2) is 16.0 Å². The van der Waals surface area contributed by atoms with E-state index in [9.17, 15) is 0 Å². The van der Waals surface area contributed by atoms with Crippen LogP contribution in [0.3, 0.4) is 0 Å². The summed E-state index contributed by atoms with van der Waals surface area (Å²) in [5.74, 6) is 0.852. The monoisotopic (exact) mass is 255 g/mol. The molecule has 0 radical (unpaired) electrons. The lowest BCUT2D eigenvalue weighted by atomic mass is 10.2. The molecular formula is C11H14ClN3S. The predicted octanol–water partition coefficient (Wildman–Crippen LogP) is 3.95. The molecule has 2 rings (SSSR count). The zero-order valence-corrected chi connectivity index (χ0v) is 10.9. The second kappa shape index (κ2) is 4.97. The van der Waals surface area contributed by atoms with Gasteiger partial charge in [-0.1, -0.05) is 13.8 Å². The molecule has 0 aliphatic carbocycles. The summed E-state index contributed by atoms with van der Waals surface area (Å²) in [5, 5.41) is 6.79. The van der Waals surface area contributed by atoms with Crippen LogP contribution >= 0.6 is 22.9 Å². The first-order valence-electron chi connectivity index (χ1n) is 5.41. The van der Waals surface area contributed by atoms with Crippen LogP contribution in [0.1, 0.15) is 26.7 Å². The molecule has 0 aliphatic rings. The molecule has 2 heterocycles. The summed E-state index contributed by atoms with van der Waals surface area (Å²) in [4.78, 5) is 9.39. The van der Waals surface area contributed by atoms with Gasteiger partial charge in [-0.3, -0.25) is 0 Å². The Balaban J connectivity index is 2.38. The molecule has 2 aromatic heterocycles. The summed E-state index contributed by atoms with van der Waals surface area (Å²) in [6.07, 6.45) is 2.15. The van der Waals surface area contributed by atoms with E-state index in [0.717, 1.165) is 28.9 Å². The highest BCUT2D eigenvalue weighted by Crippen LogP contribution is 2.27. The van der Waals surface area contributed by atoms with E-state index in [-0.39, 0.29) is 0 Å². The molecule has 0 spiro atoms. The van der Waals surface area contributed by atoms with Crippen molar-refractivity contribution in [1.29, 1.82) is 0 Å². The van der Waals surface area contributed by atoms with E-state index < -0.39 is 0 Å². The van der Waals surface area contributed by atoms with E-state index in [1.54, 1.807) is 11.3 Å². The first kappa shape index (κ1) is 11.6. The molecule has 0 unspecified atom stereocenters. The molecule has 0 fully saturated rings. The van der Waals surface area contributed by atoms with E-state index in [1.165, 1.54) is 0 Å². The second-order valence-corrected chi connectivity index (χ2v) is 4.87. The van der Waals surface area contributed by atoms with E-state index in [2.05, 4.69) is 29.1 Å². The Morgan fingerprint density at radius 2 is 2.12 bits per heavy atom. The van der Waals surface area contributed by atoms with Gasteiger partial charge in [0.15, 0.2) is 0 Å². The predicted molar refractivity (Wildman–Crippen MR) is 70.4 cm³/mol. The van der Waals surface area contributed by atoms with Gasteiger partial charge in [0.1, 0.15) is 10.6 Å². The van der Waals surface area contributed by atoms with Crippen LogP contribution in [0, 0.1) is 0 Å². The van der Waals surface area contributed by atoms with Gasteiger partial charge >= 0.3 is 0 Å². The Bertz CT molecular complexity index is 479. The first-order valence-corrected chi connectivity index (χ1v) is 6.67. The SMILES string of the molecule is CCC(CC)Nc1nc(Cl)nc2sccc12. The molecule has 0 atom stereocenters. The van der Waals surface area contributed by atoms with E-state index in [0.29, 0.717) is 11.3 Å². The van der Waals surface area contributed by atoms with Crippen molar-refractivity contribution >= 4 is 39.0 Å². The highest BCUT2D eigenvalue weighted by molar-refractivity contribution is 7.16. The van der Waals surface area contributed by atoms with Crippen LogP contribution in [0.15, 0.2) is 11.4 Å². The minimum absolute atomic E-state index is 0.309. The molecule has 5 heteroatoms. The number of anilines is 1. The standard InChI is InChI=1S/C11H14ClN3S/c1-3-7(4-2)13-9-8-5-6-16-10(8)15-11(12)14-9/h5-7H,3-4H2,1-2H3,(H,13,14,15). The maximum atomic E-state index is 5.90. The van der Waals surface area contributed by atoms with Gasteiger partial charge in [-0.2, -0.15) is 0 Å². The fraction of sp³-hybridized carbons (Fsp3) is 0.455. The molecule has 0 saturated heterocycles. The number of nitrogens with one attached hydrogen (secondary N) is 1. The smallest absolute Gasteiger partial charge is 0.225 e. The summed E-state index contributed by atoms with van der Waals surface area (Å²) in [7, 11) is 0. The van der Waals surface area contributed by atoms with Crippen molar-refractivity contribution in [3.63, 3.8) is 0 Å². The topological polar surface area (TPSA) is 37.8 Å². The number of aromatic nitrogens is 2. The van der Waals surface area contributed by atoms with Gasteiger partial charge in [0.25, 0.3) is 0 Å². The fourth-order valence-electron chi connectivity index (χ4n) is 1.63. The Morgan fingerprint density at radius 1 is 1.38 bits per heavy atom. The fourth-order valence-corrected chi connectivity index (χ4v) is 2.61. The highest BCUT2D eigenvalue weighted by atomic mass is 35.5. The third-order valence-electron chi connectivity index (χ3n) is 2.62. The zero-order valence-electron chi connectivity index (χ0n) is 9.33. The van der Waals surface area contributed by atoms with Crippen LogP contribution in [0.4, 0.5) is 5.82 Å². The quantitative estimate of drug-likeness (QED) is 0.841. The largest absolute Gasteiger partial charge is 0.367 e. The van der Waals surface area contributed by atoms with Crippen molar-refractivity contribution < 1.29 is 0 Å². The number of fused-ring (bicyclic) bond motifs is 1. The number of thiophene rings is 1. The maximum absolute atomic E-state index is 5.90. The number of rotatable bonds is 4. The van der Waals surface area contributed by atoms with Gasteiger partial charge in [-0.05, 0) is 35.9 Å². The number of hydrogen-bond acceptors (Lipinski definition) is 4. The third kappa shape index (κ3) is 2.28. The Labute approximate surface area is 104 Å². The molecule has 0 amide bonds. The Hall–Kier alpha value is -0.870. The minimum atomic E-state index is 0.309. The average Bonchev–Trinajstić information content (AvgIpc) is 2.73. The zero-order chi connectivity index (χ0) is 11.5. The van der Waals surface area contributed by atoms with Crippen molar-refractivity contribution in [3.05, 3.63) is 16.7 Å². The van der Waals surface area contributed by atoms with Gasteiger partial charge in [-0.25, -0.2) is 9.97 Å². The summed E-state index contributed by atoms with van der Waals surface area (Å²) in [6.45, 7) is 4.32. The second-order valence-electron chi connectivity index (χ2n) is 3.64. The summed E-state index contributed by atoms with van der Waals surface area (Å²) >= 11 is 7.48. The number of halogens is 1. The van der Waals surface area contributed by atoms with Crippen LogP contribution in [0.25, 0.3) is 10.2 Å². The van der Waals surface area contributed by atoms with E-state index in [1.807, 2.05) is 11.4 Å². The molecule has 0 aliphatic heterocycles. The van der Waals surface area contributed by atoms with E-state index in [4.69, 9.17) is 11.6 Å². The lowest BCUT2D eigenvalue weighted by molar-refractivity contribution is 0.669. The van der Waals surface area contributed by atoms with Crippen LogP contribution in [0.2, 0.25) is 5.28 Å². The highest BCUT2D eigenvalue weighted by Gasteiger charge is 2.10. The van der Waals surface area contributed by atoms with Gasteiger partial charge in [0.2, 0.25) is 5.28 Å². The van der Waals surface area contributed by atoms with Gasteiger partial charge < -0.3 is 5.32 Å². The number of hydrogen-bond donors (Lipinski definition) is 1. The Morgan fingerprint density at radius 3 is 2.81 bits per heavy atom. The summed E-state index contributed by atoms with van der Waals surface area (Å²) < 4.78 is 0. The van der Waals surface area contributed by atoms with Crippen molar-refractivity contribution in [2.45, 2.75) is 32.7 Å². The van der Waals surface area contributed by atoms with Crippen LogP contribution in [0.5, 0.6) is 0 Å². The van der Waals surface area contributed by atoms with E-state index >= 15 is 0 Å². The molecule has 3 nitrogen and oxygen atoms in total. The van der Waals surface area contributed by atoms with Crippen molar-refractivity contribution in [2.24, 2.45) is 0 Å². The number of nitrogens with zero attached hydrogens (tertiary/aromatic N) is 2. The molecule has 1 N–H and O–H groups in total. The van der Waals surface area contributed by atoms with Crippen molar-refractivity contribution in [3.8, 4) is 0 Å². The van der Waals surface area contributed by atoms with Gasteiger partial charge in [0.05, 0.1) is 5.39 Å². The lowest BCUT2D eigenvalue weighted by Gasteiger charge is -2.15. The summed E-state index contributed by atoms with van der Waals surface area (Å²) in [6, 6.07) is 2.47. The third-order valence-corrected chi connectivity index (χ3v) is 3.60. The van der Waals surface area contributed by atoms with Crippen LogP contribution in [-0.2, 0) is 0 Å². The molecular weight excluding hydrogens is 242 g/mol. The summed E-state index contributed by atoms with van der Waals surface area (Å²) in [5.41, 5.74) is 0.